The Bertz CT molecular complexity index is 1620. The Morgan fingerprint density at radius 3 is 2.46 bits per heavy atom. The van der Waals surface area contributed by atoms with E-state index in [4.69, 9.17) is 19.3 Å². The fraction of sp³-hybridized carbons (Fsp3) is 0.200. The summed E-state index contributed by atoms with van der Waals surface area (Å²) in [6.07, 6.45) is -0.565. The highest BCUT2D eigenvalue weighted by Gasteiger charge is 2.16. The zero-order valence-electron chi connectivity index (χ0n) is 22.2. The molecule has 0 unspecified atom stereocenters. The molecule has 0 saturated carbocycles. The van der Waals surface area contributed by atoms with Crippen molar-refractivity contribution in [3.8, 4) is 17.4 Å². The number of aryl methyl sites for hydroxylation is 1. The molecule has 4 aromatic rings. The molecule has 1 aliphatic heterocycles. The molecule has 210 valence electrons. The number of fused-ring (bicyclic) bond motifs is 2. The number of anilines is 2. The van der Waals surface area contributed by atoms with Crippen molar-refractivity contribution in [2.24, 2.45) is 0 Å². The number of nitrogens with one attached hydrogen (secondary N) is 3. The number of rotatable bonds is 9. The molecule has 0 radical (unpaired) electrons. The van der Waals surface area contributed by atoms with Gasteiger partial charge in [0.15, 0.2) is 11.5 Å². The second kappa shape index (κ2) is 12.2. The van der Waals surface area contributed by atoms with E-state index in [1.165, 1.54) is 0 Å². The minimum Gasteiger partial charge on any atom is -0.486 e. The number of ether oxygens (including phenoxy) is 3. The van der Waals surface area contributed by atoms with Gasteiger partial charge >= 0.3 is 6.09 Å². The van der Waals surface area contributed by atoms with Crippen LogP contribution in [-0.4, -0.2) is 54.4 Å². The molecule has 4 N–H and O–H groups in total. The third-order valence-corrected chi connectivity index (χ3v) is 6.32. The molecule has 0 spiro atoms. The average molecular weight is 557 g/mol. The lowest BCUT2D eigenvalue weighted by atomic mass is 10.1. The van der Waals surface area contributed by atoms with Gasteiger partial charge in [0.05, 0.1) is 12.1 Å². The maximum Gasteiger partial charge on any atom is 0.404 e. The minimum atomic E-state index is -1.07. The van der Waals surface area contributed by atoms with Crippen molar-refractivity contribution in [1.82, 2.24) is 10.3 Å². The van der Waals surface area contributed by atoms with E-state index in [9.17, 15) is 14.4 Å². The van der Waals surface area contributed by atoms with Gasteiger partial charge in [0.2, 0.25) is 5.88 Å². The lowest BCUT2D eigenvalue weighted by molar-refractivity contribution is 0.101. The Labute approximate surface area is 235 Å². The number of carboxylic acid groups (broad SMARTS) is 1. The van der Waals surface area contributed by atoms with E-state index >= 15 is 0 Å². The van der Waals surface area contributed by atoms with Crippen LogP contribution in [0.25, 0.3) is 10.9 Å². The van der Waals surface area contributed by atoms with Crippen molar-refractivity contribution >= 4 is 40.2 Å². The van der Waals surface area contributed by atoms with Gasteiger partial charge in [0.1, 0.15) is 13.2 Å². The maximum absolute atomic E-state index is 13.1. The summed E-state index contributed by atoms with van der Waals surface area (Å²) >= 11 is 0. The normalized spacial score (nSPS) is 11.9. The van der Waals surface area contributed by atoms with E-state index in [0.717, 1.165) is 10.9 Å². The van der Waals surface area contributed by atoms with E-state index in [-0.39, 0.29) is 18.4 Å². The van der Waals surface area contributed by atoms with Gasteiger partial charge in [0, 0.05) is 40.5 Å². The number of carbonyl (C=O) groups is 3. The summed E-state index contributed by atoms with van der Waals surface area (Å²) in [6, 6.07) is 19.0. The lowest BCUT2D eigenvalue weighted by Crippen LogP contribution is -2.23. The van der Waals surface area contributed by atoms with Crippen LogP contribution in [0.2, 0.25) is 0 Å². The van der Waals surface area contributed by atoms with Crippen LogP contribution in [0.1, 0.15) is 32.7 Å². The van der Waals surface area contributed by atoms with E-state index in [1.807, 2.05) is 19.1 Å². The number of aromatic nitrogens is 1. The van der Waals surface area contributed by atoms with Crippen molar-refractivity contribution in [3.63, 3.8) is 0 Å². The molecule has 11 nitrogen and oxygen atoms in total. The van der Waals surface area contributed by atoms with Crippen molar-refractivity contribution in [2.75, 3.05) is 37.0 Å². The van der Waals surface area contributed by atoms with Gasteiger partial charge in [0.25, 0.3) is 11.8 Å². The average Bonchev–Trinajstić information content (AvgIpc) is 2.97. The van der Waals surface area contributed by atoms with Crippen LogP contribution in [0, 0.1) is 6.92 Å². The summed E-state index contributed by atoms with van der Waals surface area (Å²) < 4.78 is 16.7. The van der Waals surface area contributed by atoms with E-state index in [1.54, 1.807) is 54.6 Å². The van der Waals surface area contributed by atoms with Crippen LogP contribution in [-0.2, 0) is 0 Å². The number of hydrogen-bond donors (Lipinski definition) is 4. The Morgan fingerprint density at radius 2 is 1.63 bits per heavy atom. The van der Waals surface area contributed by atoms with Crippen LogP contribution in [0.15, 0.2) is 66.7 Å². The van der Waals surface area contributed by atoms with Crippen molar-refractivity contribution < 1.29 is 33.7 Å². The van der Waals surface area contributed by atoms with Crippen LogP contribution in [0.3, 0.4) is 0 Å². The second-order valence-corrected chi connectivity index (χ2v) is 9.29. The number of pyridine rings is 1. The highest BCUT2D eigenvalue weighted by Crippen LogP contribution is 2.31. The molecule has 5 rings (SSSR count). The molecule has 0 fully saturated rings. The van der Waals surface area contributed by atoms with Gasteiger partial charge in [-0.25, -0.2) is 9.78 Å². The molecule has 0 aliphatic carbocycles. The molecule has 0 atom stereocenters. The second-order valence-electron chi connectivity index (χ2n) is 9.29. The first kappa shape index (κ1) is 27.3. The lowest BCUT2D eigenvalue weighted by Gasteiger charge is -2.18. The van der Waals surface area contributed by atoms with E-state index in [0.29, 0.717) is 71.6 Å². The zero-order valence-corrected chi connectivity index (χ0v) is 22.2. The summed E-state index contributed by atoms with van der Waals surface area (Å²) in [5, 5.41) is 17.4. The van der Waals surface area contributed by atoms with Gasteiger partial charge in [-0.15, -0.1) is 0 Å². The molecule has 41 heavy (non-hydrogen) atoms. The zero-order chi connectivity index (χ0) is 28.8. The number of amides is 3. The van der Waals surface area contributed by atoms with Gasteiger partial charge in [-0.2, -0.15) is 0 Å². The Morgan fingerprint density at radius 1 is 0.878 bits per heavy atom. The van der Waals surface area contributed by atoms with Crippen molar-refractivity contribution in [3.05, 3.63) is 83.4 Å². The van der Waals surface area contributed by atoms with Crippen LogP contribution in [0.4, 0.5) is 16.2 Å². The summed E-state index contributed by atoms with van der Waals surface area (Å²) in [5.41, 5.74) is 3.45. The molecule has 1 aromatic heterocycles. The van der Waals surface area contributed by atoms with E-state index < -0.39 is 6.09 Å². The maximum atomic E-state index is 13.1. The topological polar surface area (TPSA) is 148 Å². The number of benzene rings is 3. The molecule has 3 amide bonds. The van der Waals surface area contributed by atoms with Gasteiger partial charge in [-0.1, -0.05) is 6.07 Å². The summed E-state index contributed by atoms with van der Waals surface area (Å²) in [6.45, 7) is 3.37. The number of nitrogens with zero attached hydrogens (tertiary/aromatic N) is 1. The predicted molar refractivity (Wildman–Crippen MR) is 152 cm³/mol. The van der Waals surface area contributed by atoms with Crippen LogP contribution < -0.4 is 30.2 Å². The van der Waals surface area contributed by atoms with Crippen LogP contribution in [0.5, 0.6) is 17.4 Å². The Balaban J connectivity index is 1.22. The number of carbonyl (C=O) groups excluding carboxylic acids is 2. The van der Waals surface area contributed by atoms with Gasteiger partial charge in [-0.3, -0.25) is 9.59 Å². The Kier molecular flexibility index (Phi) is 8.14. The van der Waals surface area contributed by atoms with Crippen LogP contribution >= 0.6 is 0 Å². The molecule has 11 heteroatoms. The monoisotopic (exact) mass is 556 g/mol. The van der Waals surface area contributed by atoms with Gasteiger partial charge in [-0.05, 0) is 73.5 Å². The molecular weight excluding hydrogens is 528 g/mol. The smallest absolute Gasteiger partial charge is 0.404 e. The number of hydrogen-bond acceptors (Lipinski definition) is 7. The van der Waals surface area contributed by atoms with Crippen molar-refractivity contribution in [1.29, 1.82) is 0 Å². The quantitative estimate of drug-likeness (QED) is 0.214. The van der Waals surface area contributed by atoms with Crippen molar-refractivity contribution in [2.45, 2.75) is 13.3 Å². The summed E-state index contributed by atoms with van der Waals surface area (Å²) in [4.78, 5) is 40.9. The van der Waals surface area contributed by atoms with E-state index in [2.05, 4.69) is 20.9 Å². The SMILES string of the molecule is Cc1ccc(NC(=O)c2ccc3c(c2)OCCO3)cc1NC(=O)c1ccc2nc(OCCCNC(=O)O)ccc2c1. The fourth-order valence-corrected chi connectivity index (χ4v) is 4.19. The first-order valence-electron chi connectivity index (χ1n) is 13.0. The predicted octanol–water partition coefficient (Wildman–Crippen LogP) is 4.86. The first-order chi connectivity index (χ1) is 19.9. The Hall–Kier alpha value is -5.32. The summed E-state index contributed by atoms with van der Waals surface area (Å²) in [7, 11) is 0. The molecule has 2 heterocycles. The fourth-order valence-electron chi connectivity index (χ4n) is 4.19. The molecule has 0 saturated heterocycles. The van der Waals surface area contributed by atoms with Gasteiger partial charge < -0.3 is 35.3 Å². The molecule has 3 aromatic carbocycles. The highest BCUT2D eigenvalue weighted by molar-refractivity contribution is 6.08. The third kappa shape index (κ3) is 6.82. The third-order valence-electron chi connectivity index (χ3n) is 6.32. The summed E-state index contributed by atoms with van der Waals surface area (Å²) in [5.74, 6) is 0.924. The minimum absolute atomic E-state index is 0.288. The first-order valence-corrected chi connectivity index (χ1v) is 13.0. The highest BCUT2D eigenvalue weighted by atomic mass is 16.6. The largest absolute Gasteiger partial charge is 0.486 e. The molecular formula is C30H28N4O7. The standard InChI is InChI=1S/C30H28N4O7/c1-18-3-7-22(32-28(35)21-5-9-25-26(16-21)40-14-13-39-25)17-24(18)34-29(36)20-4-8-23-19(15-20)6-10-27(33-23)41-12-2-11-31-30(37)38/h3-10,15-17,31H,2,11-14H2,1H3,(H,32,35)(H,34,36)(H,37,38). The molecule has 1 aliphatic rings. The molecule has 0 bridgehead atoms.